The highest BCUT2D eigenvalue weighted by molar-refractivity contribution is 6.06. The lowest BCUT2D eigenvalue weighted by Gasteiger charge is -2.29. The molecule has 6 atom stereocenters. The normalized spacial score (nSPS) is 22.1. The molecule has 5 fully saturated rings. The number of carbonyl (C=O) groups excluding carboxylic acids is 2. The second kappa shape index (κ2) is 21.9. The molecule has 4 aliphatic heterocycles. The quantitative estimate of drug-likeness (QED) is 0.0925. The molecule has 3 aromatic carbocycles. The molecule has 4 saturated heterocycles. The molecule has 0 radical (unpaired) electrons. The molecule has 0 spiro atoms. The van der Waals surface area contributed by atoms with Crippen molar-refractivity contribution in [1.82, 2.24) is 44.5 Å². The number of anilines is 1. The Morgan fingerprint density at radius 1 is 0.937 bits per heavy atom. The van der Waals surface area contributed by atoms with Crippen LogP contribution in [0.5, 0.6) is 11.8 Å². The van der Waals surface area contributed by atoms with Crippen molar-refractivity contribution in [1.29, 1.82) is 0 Å². The predicted octanol–water partition coefficient (Wildman–Crippen LogP) is 8.75. The molecule has 1 unspecified atom stereocenters. The zero-order valence-corrected chi connectivity index (χ0v) is 46.1. The van der Waals surface area contributed by atoms with E-state index in [2.05, 4.69) is 21.3 Å². The summed E-state index contributed by atoms with van der Waals surface area (Å²) < 4.78 is 51.8. The van der Waals surface area contributed by atoms with Crippen molar-refractivity contribution < 1.29 is 52.7 Å². The molecular weight excluding hydrogens is 1020 g/mol. The van der Waals surface area contributed by atoms with Gasteiger partial charge < -0.3 is 48.6 Å². The van der Waals surface area contributed by atoms with Crippen molar-refractivity contribution in [2.45, 2.75) is 154 Å². The summed E-state index contributed by atoms with van der Waals surface area (Å²) >= 11 is 0. The maximum atomic E-state index is 16.8. The van der Waals surface area contributed by atoms with Crippen LogP contribution >= 0.6 is 0 Å². The molecule has 1 aliphatic carbocycles. The van der Waals surface area contributed by atoms with E-state index in [4.69, 9.17) is 38.8 Å². The van der Waals surface area contributed by atoms with Crippen LogP contribution in [0.15, 0.2) is 48.8 Å². The highest BCUT2D eigenvalue weighted by Gasteiger charge is 2.43. The standard InChI is InChI=1S/C58H71FN10O10/c1-32(2)51(54(71)67-28-38(70)23-46(67)55(72)73)68-29-44(63-64-68)36-15-13-34(14-16-36)30-77-52-49(48-33(3)43(59)25-45-42(48)26-60-69(45)47-12-8-9-21-76-47)40(35-17-18-35)24-41-50(52)61-56(78-31-39-11-10-22-75-39)62-53(41)65(7)37-19-20-66(27-37)57(74)79-58(4,5)6/h13-16,24-26,29,32,35,37-39,46-47,51,70H,8-12,17-23,27-28,30-31H2,1-7H3,(H,72,73)/t37-,38+,39+,46-,47?,51-/m0/s1. The van der Waals surface area contributed by atoms with Crippen molar-refractivity contribution in [3.05, 3.63) is 71.3 Å². The lowest BCUT2D eigenvalue weighted by molar-refractivity contribution is -0.150. The van der Waals surface area contributed by atoms with E-state index in [-0.39, 0.29) is 74.3 Å². The topological polar surface area (TPSA) is 222 Å². The van der Waals surface area contributed by atoms with Crippen molar-refractivity contribution >= 4 is 45.6 Å². The van der Waals surface area contributed by atoms with E-state index in [1.165, 1.54) is 9.58 Å². The van der Waals surface area contributed by atoms with Crippen LogP contribution in [0.2, 0.25) is 0 Å². The Hall–Kier alpha value is -6.97. The van der Waals surface area contributed by atoms with Crippen LogP contribution in [0.1, 0.15) is 127 Å². The van der Waals surface area contributed by atoms with E-state index in [9.17, 15) is 24.6 Å². The number of aromatic nitrogens is 7. The summed E-state index contributed by atoms with van der Waals surface area (Å²) in [4.78, 5) is 54.8. The van der Waals surface area contributed by atoms with Gasteiger partial charge in [0, 0.05) is 85.9 Å². The number of β-amino-alcohol motifs (C(OH)–C–C–N with tert-alkyl or cyclic N) is 1. The zero-order valence-electron chi connectivity index (χ0n) is 46.1. The molecule has 0 bridgehead atoms. The van der Waals surface area contributed by atoms with Gasteiger partial charge in [-0.1, -0.05) is 43.3 Å². The molecule has 6 aromatic rings. The first-order valence-corrected chi connectivity index (χ1v) is 27.9. The summed E-state index contributed by atoms with van der Waals surface area (Å²) in [6.45, 7) is 13.5. The highest BCUT2D eigenvalue weighted by atomic mass is 19.1. The van der Waals surface area contributed by atoms with E-state index < -0.39 is 35.7 Å². The Kier molecular flexibility index (Phi) is 15.0. The molecule has 20 nitrogen and oxygen atoms in total. The van der Waals surface area contributed by atoms with E-state index in [0.29, 0.717) is 77.7 Å². The number of likely N-dealkylation sites (N-methyl/N-ethyl adjacent to an activating group) is 1. The Balaban J connectivity index is 1.00. The number of carboxylic acid groups (broad SMARTS) is 1. The lowest BCUT2D eigenvalue weighted by atomic mass is 9.88. The summed E-state index contributed by atoms with van der Waals surface area (Å²) in [5, 5.41) is 35.3. The Bertz CT molecular complexity index is 3250. The van der Waals surface area contributed by atoms with Crippen LogP contribution in [-0.2, 0) is 30.4 Å². The number of carbonyl (C=O) groups is 3. The van der Waals surface area contributed by atoms with Crippen LogP contribution in [0.4, 0.5) is 15.0 Å². The van der Waals surface area contributed by atoms with Crippen LogP contribution in [-0.4, -0.2) is 149 Å². The maximum absolute atomic E-state index is 16.8. The number of hydrogen-bond acceptors (Lipinski definition) is 15. The minimum Gasteiger partial charge on any atom is -0.486 e. The Labute approximate surface area is 458 Å². The van der Waals surface area contributed by atoms with Crippen LogP contribution in [0.25, 0.3) is 44.2 Å². The van der Waals surface area contributed by atoms with Gasteiger partial charge in [0.25, 0.3) is 0 Å². The van der Waals surface area contributed by atoms with Gasteiger partial charge >= 0.3 is 18.1 Å². The predicted molar refractivity (Wildman–Crippen MR) is 290 cm³/mol. The number of halogens is 1. The number of aliphatic carboxylic acids is 1. The molecule has 3 aromatic heterocycles. The van der Waals surface area contributed by atoms with Crippen LogP contribution in [0, 0.1) is 18.7 Å². The van der Waals surface area contributed by atoms with Gasteiger partial charge in [-0.3, -0.25) is 4.79 Å². The third kappa shape index (κ3) is 11.0. The summed E-state index contributed by atoms with van der Waals surface area (Å²) in [6.07, 6.45) is 8.61. The van der Waals surface area contributed by atoms with Gasteiger partial charge in [-0.05, 0) is 114 Å². The molecule has 420 valence electrons. The molecule has 7 heterocycles. The number of hydrogen-bond donors (Lipinski definition) is 2. The fraction of sp³-hybridized carbons (Fsp3) is 0.552. The first kappa shape index (κ1) is 54.0. The first-order valence-electron chi connectivity index (χ1n) is 27.9. The second-order valence-corrected chi connectivity index (χ2v) is 23.3. The number of fused-ring (bicyclic) bond motifs is 2. The summed E-state index contributed by atoms with van der Waals surface area (Å²) in [5.74, 6) is -1.12. The monoisotopic (exact) mass is 1090 g/mol. The molecule has 2 amide bonds. The average molecular weight is 1090 g/mol. The molecule has 21 heteroatoms. The van der Waals surface area contributed by atoms with Crippen molar-refractivity contribution in [3.8, 4) is 34.1 Å². The number of likely N-dealkylation sites (tertiary alicyclic amines) is 2. The van der Waals surface area contributed by atoms with E-state index in [0.717, 1.165) is 72.4 Å². The number of nitrogens with zero attached hydrogens (tertiary/aromatic N) is 10. The van der Waals surface area contributed by atoms with Crippen molar-refractivity contribution in [2.75, 3.05) is 51.4 Å². The van der Waals surface area contributed by atoms with E-state index in [1.807, 2.05) is 76.8 Å². The number of ether oxygens (including phenoxy) is 5. The molecule has 2 N–H and O–H groups in total. The highest BCUT2D eigenvalue weighted by Crippen LogP contribution is 2.54. The maximum Gasteiger partial charge on any atom is 0.410 e. The smallest absolute Gasteiger partial charge is 0.410 e. The molecular formula is C58H71FN10O10. The van der Waals surface area contributed by atoms with Crippen LogP contribution in [0.3, 0.4) is 0 Å². The number of rotatable bonds is 16. The fourth-order valence-corrected chi connectivity index (χ4v) is 11.7. The molecule has 11 rings (SSSR count). The van der Waals surface area contributed by atoms with Crippen LogP contribution < -0.4 is 14.4 Å². The van der Waals surface area contributed by atoms with Crippen molar-refractivity contribution in [2.24, 2.45) is 5.92 Å². The average Bonchev–Trinajstić information content (AvgIpc) is 4.09. The van der Waals surface area contributed by atoms with Gasteiger partial charge in [0.2, 0.25) is 5.91 Å². The van der Waals surface area contributed by atoms with E-state index >= 15 is 4.39 Å². The second-order valence-electron chi connectivity index (χ2n) is 23.3. The minimum atomic E-state index is -1.17. The fourth-order valence-electron chi connectivity index (χ4n) is 11.7. The largest absolute Gasteiger partial charge is 0.486 e. The SMILES string of the molecule is Cc1c(F)cc2c(cnn2C2CCCCO2)c1-c1c(C2CC2)cc2c(N(C)[C@H]3CCN(C(=O)OC(C)(C)C)C3)nc(OC[C@H]3CCCO3)nc2c1OCc1ccc(-c2cn([C@H](C(=O)N3C[C@H](O)C[C@H]3C(=O)O)C(C)C)nn2)cc1. The molecule has 1 saturated carbocycles. The molecule has 79 heavy (non-hydrogen) atoms. The first-order chi connectivity index (χ1) is 37.9. The Morgan fingerprint density at radius 2 is 1.72 bits per heavy atom. The zero-order chi connectivity index (χ0) is 55.4. The van der Waals surface area contributed by atoms with Gasteiger partial charge in [-0.25, -0.2) is 23.3 Å². The van der Waals surface area contributed by atoms with Crippen molar-refractivity contribution in [3.63, 3.8) is 0 Å². The third-order valence-corrected chi connectivity index (χ3v) is 16.0. The summed E-state index contributed by atoms with van der Waals surface area (Å²) in [5.41, 5.74) is 5.25. The van der Waals surface area contributed by atoms with Gasteiger partial charge in [0.05, 0.1) is 30.1 Å². The minimum absolute atomic E-state index is 0.0416. The van der Waals surface area contributed by atoms with Gasteiger partial charge in [0.15, 0.2) is 12.0 Å². The van der Waals surface area contributed by atoms with E-state index in [1.54, 1.807) is 24.1 Å². The van der Waals surface area contributed by atoms with Gasteiger partial charge in [-0.2, -0.15) is 15.1 Å². The number of benzene rings is 3. The molecule has 5 aliphatic rings. The number of aliphatic hydroxyl groups is 1. The number of amides is 2. The van der Waals surface area contributed by atoms with Gasteiger partial charge in [-0.15, -0.1) is 5.10 Å². The lowest BCUT2D eigenvalue weighted by Crippen LogP contribution is -2.45. The Morgan fingerprint density at radius 3 is 2.42 bits per heavy atom. The van der Waals surface area contributed by atoms with Gasteiger partial charge in [0.1, 0.15) is 53.7 Å². The summed E-state index contributed by atoms with van der Waals surface area (Å²) in [7, 11) is 1.98. The summed E-state index contributed by atoms with van der Waals surface area (Å²) in [6, 6.07) is 9.35. The third-order valence-electron chi connectivity index (χ3n) is 16.0. The number of aliphatic hydroxyl groups excluding tert-OH is 1. The number of carboxylic acids is 1.